The summed E-state index contributed by atoms with van der Waals surface area (Å²) in [5.41, 5.74) is 2.23. The molecule has 2 aliphatic heterocycles. The lowest BCUT2D eigenvalue weighted by atomic mass is 9.98. The predicted octanol–water partition coefficient (Wildman–Crippen LogP) is 3.81. The van der Waals surface area contributed by atoms with E-state index in [1.807, 2.05) is 30.6 Å². The van der Waals surface area contributed by atoms with Crippen LogP contribution in [-0.2, 0) is 0 Å². The van der Waals surface area contributed by atoms with Gasteiger partial charge in [-0.15, -0.1) is 0 Å². The molecule has 0 radical (unpaired) electrons. The van der Waals surface area contributed by atoms with E-state index in [4.69, 9.17) is 4.74 Å². The Morgan fingerprint density at radius 2 is 1.77 bits per heavy atom. The summed E-state index contributed by atoms with van der Waals surface area (Å²) in [5.74, 6) is 0.791. The minimum absolute atomic E-state index is 0.305. The van der Waals surface area contributed by atoms with Gasteiger partial charge in [-0.2, -0.15) is 0 Å². The van der Waals surface area contributed by atoms with Crippen LogP contribution in [0.25, 0.3) is 21.9 Å². The number of nitrogens with zero attached hydrogens (tertiary/aromatic N) is 3. The Kier molecular flexibility index (Phi) is 6.16. The fourth-order valence-electron chi connectivity index (χ4n) is 4.89. The van der Waals surface area contributed by atoms with Gasteiger partial charge in [-0.3, -0.25) is 14.8 Å². The average molecular weight is 418 g/mol. The molecule has 5 nitrogen and oxygen atoms in total. The van der Waals surface area contributed by atoms with Crippen molar-refractivity contribution in [2.24, 2.45) is 0 Å². The lowest BCUT2D eigenvalue weighted by molar-refractivity contribution is -0.0126. The minimum Gasteiger partial charge on any atom is -0.491 e. The molecule has 1 N–H and O–H groups in total. The Morgan fingerprint density at radius 3 is 2.58 bits per heavy atom. The van der Waals surface area contributed by atoms with Gasteiger partial charge in [0.1, 0.15) is 18.5 Å². The molecule has 3 aromatic rings. The van der Waals surface area contributed by atoms with E-state index in [0.29, 0.717) is 19.2 Å². The van der Waals surface area contributed by atoms with Crippen LogP contribution in [0.1, 0.15) is 19.3 Å². The van der Waals surface area contributed by atoms with Gasteiger partial charge in [0.15, 0.2) is 0 Å². The monoisotopic (exact) mass is 417 g/mol. The number of hydrogen-bond acceptors (Lipinski definition) is 5. The first kappa shape index (κ1) is 20.4. The van der Waals surface area contributed by atoms with Crippen molar-refractivity contribution in [2.45, 2.75) is 31.4 Å². The van der Waals surface area contributed by atoms with E-state index in [1.165, 1.54) is 37.7 Å². The zero-order chi connectivity index (χ0) is 21.0. The second kappa shape index (κ2) is 9.35. The Balaban J connectivity index is 1.20. The van der Waals surface area contributed by atoms with Crippen molar-refractivity contribution >= 4 is 10.8 Å². The molecule has 1 aromatic heterocycles. The van der Waals surface area contributed by atoms with Gasteiger partial charge in [-0.05, 0) is 72.1 Å². The van der Waals surface area contributed by atoms with Gasteiger partial charge in [0.05, 0.1) is 0 Å². The highest BCUT2D eigenvalue weighted by molar-refractivity contribution is 5.97. The smallest absolute Gasteiger partial charge is 0.120 e. The number of piperidine rings is 1. The molecule has 162 valence electrons. The van der Waals surface area contributed by atoms with Crippen LogP contribution in [0.4, 0.5) is 0 Å². The number of aliphatic hydroxyl groups excluding tert-OH is 1. The number of aliphatic hydroxyl groups is 1. The average Bonchev–Trinajstić information content (AvgIpc) is 2.80. The largest absolute Gasteiger partial charge is 0.491 e. The first-order chi connectivity index (χ1) is 15.3. The topological polar surface area (TPSA) is 48.8 Å². The van der Waals surface area contributed by atoms with Crippen LogP contribution in [-0.4, -0.2) is 71.4 Å². The van der Waals surface area contributed by atoms with Gasteiger partial charge in [0, 0.05) is 38.1 Å². The highest BCUT2D eigenvalue weighted by Gasteiger charge is 2.33. The van der Waals surface area contributed by atoms with Crippen molar-refractivity contribution in [3.8, 4) is 16.9 Å². The maximum Gasteiger partial charge on any atom is 0.120 e. The van der Waals surface area contributed by atoms with E-state index in [2.05, 4.69) is 45.1 Å². The molecular formula is C26H31N3O2. The lowest BCUT2D eigenvalue weighted by Gasteiger charge is -2.47. The Morgan fingerprint density at radius 1 is 1.00 bits per heavy atom. The van der Waals surface area contributed by atoms with Crippen molar-refractivity contribution in [2.75, 3.05) is 39.3 Å². The number of likely N-dealkylation sites (tertiary alicyclic amines) is 2. The molecule has 0 bridgehead atoms. The fraction of sp³-hybridized carbons (Fsp3) is 0.423. The Labute approximate surface area is 184 Å². The van der Waals surface area contributed by atoms with Crippen LogP contribution < -0.4 is 4.74 Å². The first-order valence-electron chi connectivity index (χ1n) is 11.5. The molecule has 2 fully saturated rings. The maximum atomic E-state index is 10.6. The van der Waals surface area contributed by atoms with Crippen LogP contribution in [0.2, 0.25) is 0 Å². The number of pyridine rings is 1. The van der Waals surface area contributed by atoms with Crippen LogP contribution >= 0.6 is 0 Å². The Bertz CT molecular complexity index is 998. The van der Waals surface area contributed by atoms with Gasteiger partial charge in [-0.25, -0.2) is 0 Å². The third kappa shape index (κ3) is 4.74. The third-order valence-electron chi connectivity index (χ3n) is 6.58. The highest BCUT2D eigenvalue weighted by atomic mass is 16.5. The van der Waals surface area contributed by atoms with Gasteiger partial charge in [-0.1, -0.05) is 30.7 Å². The number of fused-ring (bicyclic) bond motifs is 1. The van der Waals surface area contributed by atoms with E-state index < -0.39 is 6.10 Å². The van der Waals surface area contributed by atoms with Crippen molar-refractivity contribution in [1.29, 1.82) is 0 Å². The zero-order valence-corrected chi connectivity index (χ0v) is 18.0. The van der Waals surface area contributed by atoms with E-state index >= 15 is 0 Å². The standard InChI is InChI=1S/C26H31N3O2/c30-23(18-28-16-22(17-28)29-12-4-1-5-13-29)19-31-24-14-21-6-2-3-7-25(21)26(15-24)20-8-10-27-11-9-20/h2-3,6-11,14-15,22-23,30H,1,4-5,12-13,16-19H2. The molecule has 0 aliphatic carbocycles. The summed E-state index contributed by atoms with van der Waals surface area (Å²) in [6, 6.07) is 17.2. The number of β-amino-alcohol motifs (C(OH)–C–C–N with tert-alkyl or cyclic N) is 1. The summed E-state index contributed by atoms with van der Waals surface area (Å²) < 4.78 is 6.05. The van der Waals surface area contributed by atoms with E-state index in [1.54, 1.807) is 0 Å². The van der Waals surface area contributed by atoms with Crippen molar-refractivity contribution in [3.05, 3.63) is 60.9 Å². The molecular weight excluding hydrogens is 386 g/mol. The summed E-state index contributed by atoms with van der Waals surface area (Å²) in [5, 5.41) is 12.9. The molecule has 0 amide bonds. The molecule has 31 heavy (non-hydrogen) atoms. The number of benzene rings is 2. The molecule has 0 saturated carbocycles. The second-order valence-electron chi connectivity index (χ2n) is 8.86. The molecule has 1 atom stereocenters. The summed E-state index contributed by atoms with van der Waals surface area (Å²) in [6.07, 6.45) is 7.18. The normalized spacial score (nSPS) is 19.3. The van der Waals surface area contributed by atoms with Crippen molar-refractivity contribution < 1.29 is 9.84 Å². The summed E-state index contributed by atoms with van der Waals surface area (Å²) in [7, 11) is 0. The van der Waals surface area contributed by atoms with Crippen LogP contribution in [0.5, 0.6) is 5.75 Å². The predicted molar refractivity (Wildman–Crippen MR) is 124 cm³/mol. The van der Waals surface area contributed by atoms with Crippen molar-refractivity contribution in [3.63, 3.8) is 0 Å². The van der Waals surface area contributed by atoms with Crippen LogP contribution in [0.15, 0.2) is 60.9 Å². The lowest BCUT2D eigenvalue weighted by Crippen LogP contribution is -2.61. The van der Waals surface area contributed by atoms with Crippen molar-refractivity contribution in [1.82, 2.24) is 14.8 Å². The minimum atomic E-state index is -0.488. The third-order valence-corrected chi connectivity index (χ3v) is 6.58. The van der Waals surface area contributed by atoms with Gasteiger partial charge in [0.25, 0.3) is 0 Å². The molecule has 5 heteroatoms. The van der Waals surface area contributed by atoms with E-state index in [-0.39, 0.29) is 0 Å². The van der Waals surface area contributed by atoms with E-state index in [9.17, 15) is 5.11 Å². The summed E-state index contributed by atoms with van der Waals surface area (Å²) >= 11 is 0. The molecule has 5 rings (SSSR count). The molecule has 0 spiro atoms. The second-order valence-corrected chi connectivity index (χ2v) is 8.86. The van der Waals surface area contributed by atoms with Crippen LogP contribution in [0, 0.1) is 0 Å². The molecule has 2 saturated heterocycles. The van der Waals surface area contributed by atoms with Gasteiger partial charge < -0.3 is 9.84 Å². The number of hydrogen-bond donors (Lipinski definition) is 1. The molecule has 1 unspecified atom stereocenters. The Hall–Kier alpha value is -2.47. The van der Waals surface area contributed by atoms with Crippen LogP contribution in [0.3, 0.4) is 0 Å². The molecule has 2 aliphatic rings. The number of aromatic nitrogens is 1. The molecule has 3 heterocycles. The number of rotatable bonds is 7. The zero-order valence-electron chi connectivity index (χ0n) is 18.0. The maximum absolute atomic E-state index is 10.6. The fourth-order valence-corrected chi connectivity index (χ4v) is 4.89. The highest BCUT2D eigenvalue weighted by Crippen LogP contribution is 2.33. The molecule has 2 aromatic carbocycles. The van der Waals surface area contributed by atoms with Gasteiger partial charge >= 0.3 is 0 Å². The number of ether oxygens (including phenoxy) is 1. The van der Waals surface area contributed by atoms with Gasteiger partial charge in [0.2, 0.25) is 0 Å². The summed E-state index contributed by atoms with van der Waals surface area (Å²) in [4.78, 5) is 9.10. The SMILES string of the molecule is OC(COc1cc(-c2ccncc2)c2ccccc2c1)CN1CC(N2CCCCC2)C1. The summed E-state index contributed by atoms with van der Waals surface area (Å²) in [6.45, 7) is 5.60. The van der Waals surface area contributed by atoms with E-state index in [0.717, 1.165) is 35.4 Å². The first-order valence-corrected chi connectivity index (χ1v) is 11.5. The quantitative estimate of drug-likeness (QED) is 0.634.